The number of anilines is 2. The summed E-state index contributed by atoms with van der Waals surface area (Å²) in [5.74, 6) is -0.829. The first kappa shape index (κ1) is 18.0. The van der Waals surface area contributed by atoms with Gasteiger partial charge >= 0.3 is 0 Å². The second-order valence-corrected chi connectivity index (χ2v) is 6.15. The van der Waals surface area contributed by atoms with E-state index in [0.29, 0.717) is 17.1 Å². The van der Waals surface area contributed by atoms with Crippen molar-refractivity contribution >= 4 is 28.9 Å². The highest BCUT2D eigenvalue weighted by molar-refractivity contribution is 6.06. The normalized spacial score (nSPS) is 10.6. The highest BCUT2D eigenvalue weighted by Gasteiger charge is 2.19. The number of carbonyl (C=O) groups is 2. The molecular formula is C17H18N6O4. The minimum Gasteiger partial charge on any atom is -0.355 e. The molecule has 0 spiro atoms. The third kappa shape index (κ3) is 3.73. The van der Waals surface area contributed by atoms with Crippen molar-refractivity contribution in [3.8, 4) is 0 Å². The molecule has 10 heteroatoms. The maximum Gasteiger partial charge on any atom is 0.287 e. The van der Waals surface area contributed by atoms with Gasteiger partial charge in [-0.3, -0.25) is 19.7 Å². The summed E-state index contributed by atoms with van der Waals surface area (Å²) < 4.78 is 4.77. The third-order valence-corrected chi connectivity index (χ3v) is 4.02. The van der Waals surface area contributed by atoms with E-state index in [1.165, 1.54) is 22.9 Å². The molecule has 3 aromatic rings. The Hall–Kier alpha value is -3.82. The van der Waals surface area contributed by atoms with Crippen LogP contribution in [0.1, 0.15) is 21.0 Å². The lowest BCUT2D eigenvalue weighted by atomic mass is 10.3. The van der Waals surface area contributed by atoms with E-state index in [-0.39, 0.29) is 17.3 Å². The molecule has 140 valence electrons. The highest BCUT2D eigenvalue weighted by atomic mass is 16.6. The summed E-state index contributed by atoms with van der Waals surface area (Å²) >= 11 is 0. The second-order valence-electron chi connectivity index (χ2n) is 6.15. The van der Waals surface area contributed by atoms with Gasteiger partial charge in [-0.15, -0.1) is 0 Å². The number of carbonyl (C=O) groups excluding carboxylic acids is 2. The smallest absolute Gasteiger partial charge is 0.287 e. The molecule has 0 aliphatic heterocycles. The van der Waals surface area contributed by atoms with Crippen LogP contribution in [0, 0.1) is 10.1 Å². The average Bonchev–Trinajstić information content (AvgIpc) is 3.26. The summed E-state index contributed by atoms with van der Waals surface area (Å²) in [5.41, 5.74) is 1.39. The fourth-order valence-corrected chi connectivity index (χ4v) is 2.70. The quantitative estimate of drug-likeness (QED) is 0.528. The van der Waals surface area contributed by atoms with E-state index in [2.05, 4.69) is 10.6 Å². The van der Waals surface area contributed by atoms with Crippen LogP contribution in [0.4, 0.5) is 17.1 Å². The van der Waals surface area contributed by atoms with E-state index >= 15 is 0 Å². The molecule has 10 nitrogen and oxygen atoms in total. The molecular weight excluding hydrogens is 352 g/mol. The van der Waals surface area contributed by atoms with Gasteiger partial charge in [0.05, 0.1) is 22.5 Å². The van der Waals surface area contributed by atoms with Crippen LogP contribution in [-0.2, 0) is 21.1 Å². The van der Waals surface area contributed by atoms with E-state index in [1.807, 2.05) is 17.8 Å². The average molecular weight is 370 g/mol. The van der Waals surface area contributed by atoms with Crippen LogP contribution in [0.25, 0.3) is 0 Å². The van der Waals surface area contributed by atoms with E-state index in [4.69, 9.17) is 0 Å². The molecule has 3 heterocycles. The van der Waals surface area contributed by atoms with E-state index < -0.39 is 10.8 Å². The third-order valence-electron chi connectivity index (χ3n) is 4.02. The molecule has 0 unspecified atom stereocenters. The number of nitrogens with one attached hydrogen (secondary N) is 2. The number of nitro groups is 1. The van der Waals surface area contributed by atoms with Gasteiger partial charge in [0.1, 0.15) is 11.4 Å². The van der Waals surface area contributed by atoms with Crippen molar-refractivity contribution < 1.29 is 14.5 Å². The maximum atomic E-state index is 12.4. The fourth-order valence-electron chi connectivity index (χ4n) is 2.70. The van der Waals surface area contributed by atoms with Gasteiger partial charge in [-0.05, 0) is 12.1 Å². The van der Waals surface area contributed by atoms with Crippen LogP contribution in [0.2, 0.25) is 0 Å². The van der Waals surface area contributed by atoms with Gasteiger partial charge in [-0.2, -0.15) is 0 Å². The Balaban J connectivity index is 1.75. The first-order valence-corrected chi connectivity index (χ1v) is 7.96. The van der Waals surface area contributed by atoms with Crippen LogP contribution in [0.3, 0.4) is 0 Å². The van der Waals surface area contributed by atoms with Gasteiger partial charge in [0.15, 0.2) is 0 Å². The summed E-state index contributed by atoms with van der Waals surface area (Å²) in [5, 5.41) is 16.3. The molecule has 0 aliphatic rings. The molecule has 0 aromatic carbocycles. The molecule has 0 aliphatic carbocycles. The van der Waals surface area contributed by atoms with Crippen LogP contribution < -0.4 is 10.6 Å². The molecule has 2 N–H and O–H groups in total. The van der Waals surface area contributed by atoms with E-state index in [0.717, 1.165) is 0 Å². The summed E-state index contributed by atoms with van der Waals surface area (Å²) in [6.45, 7) is 0. The Morgan fingerprint density at radius 3 is 2.07 bits per heavy atom. The number of aryl methyl sites for hydroxylation is 3. The van der Waals surface area contributed by atoms with Gasteiger partial charge in [0, 0.05) is 45.8 Å². The summed E-state index contributed by atoms with van der Waals surface area (Å²) in [6.07, 6.45) is 6.44. The maximum absolute atomic E-state index is 12.4. The lowest BCUT2D eigenvalue weighted by Crippen LogP contribution is -2.15. The van der Waals surface area contributed by atoms with Crippen LogP contribution in [0.15, 0.2) is 43.0 Å². The van der Waals surface area contributed by atoms with Crippen LogP contribution in [-0.4, -0.2) is 30.4 Å². The SMILES string of the molecule is Cn1ccc(NC(=O)c2cc(NC(=O)c3cc([N+](=O)[O-])cn3C)cn2C)c1. The van der Waals surface area contributed by atoms with Gasteiger partial charge in [0.25, 0.3) is 17.5 Å². The van der Waals surface area contributed by atoms with Crippen molar-refractivity contribution in [3.63, 3.8) is 0 Å². The Morgan fingerprint density at radius 2 is 1.52 bits per heavy atom. The number of rotatable bonds is 5. The Kier molecular flexibility index (Phi) is 4.55. The van der Waals surface area contributed by atoms with Crippen LogP contribution >= 0.6 is 0 Å². The monoisotopic (exact) mass is 370 g/mol. The highest BCUT2D eigenvalue weighted by Crippen LogP contribution is 2.19. The predicted molar refractivity (Wildman–Crippen MR) is 98.8 cm³/mol. The van der Waals surface area contributed by atoms with Crippen molar-refractivity contribution in [2.45, 2.75) is 0 Å². The Bertz CT molecular complexity index is 1040. The molecule has 3 rings (SSSR count). The predicted octanol–water partition coefficient (Wildman–Crippen LogP) is 2.11. The number of nitrogens with zero attached hydrogens (tertiary/aromatic N) is 4. The molecule has 0 bridgehead atoms. The zero-order valence-electron chi connectivity index (χ0n) is 15.0. The molecule has 3 aromatic heterocycles. The van der Waals surface area contributed by atoms with Crippen LogP contribution in [0.5, 0.6) is 0 Å². The van der Waals surface area contributed by atoms with Crippen molar-refractivity contribution in [3.05, 3.63) is 64.5 Å². The van der Waals surface area contributed by atoms with Crippen molar-refractivity contribution in [1.82, 2.24) is 13.7 Å². The first-order valence-electron chi connectivity index (χ1n) is 7.96. The zero-order chi connectivity index (χ0) is 19.7. The van der Waals surface area contributed by atoms with E-state index in [1.54, 1.807) is 37.1 Å². The van der Waals surface area contributed by atoms with Gasteiger partial charge in [-0.1, -0.05) is 0 Å². The molecule has 0 atom stereocenters. The van der Waals surface area contributed by atoms with E-state index in [9.17, 15) is 19.7 Å². The molecule has 0 radical (unpaired) electrons. The minimum absolute atomic E-state index is 0.140. The number of hydrogen-bond acceptors (Lipinski definition) is 4. The fraction of sp³-hybridized carbons (Fsp3) is 0.176. The van der Waals surface area contributed by atoms with Gasteiger partial charge in [0.2, 0.25) is 0 Å². The topological polar surface area (TPSA) is 116 Å². The number of hydrogen-bond donors (Lipinski definition) is 2. The van der Waals surface area contributed by atoms with Gasteiger partial charge in [-0.25, -0.2) is 0 Å². The Morgan fingerprint density at radius 1 is 0.926 bits per heavy atom. The standard InChI is InChI=1S/C17H18N6O4/c1-20-5-4-11(8-20)18-16(24)14-6-12(9-21(14)2)19-17(25)15-7-13(23(26)27)10-22(15)3/h4-10H,1-3H3,(H,18,24)(H,19,25). The van der Waals surface area contributed by atoms with Crippen molar-refractivity contribution in [2.75, 3.05) is 10.6 Å². The molecule has 0 saturated carbocycles. The van der Waals surface area contributed by atoms with Gasteiger partial charge < -0.3 is 24.3 Å². The second kappa shape index (κ2) is 6.83. The summed E-state index contributed by atoms with van der Waals surface area (Å²) in [4.78, 5) is 35.1. The minimum atomic E-state index is -0.564. The van der Waals surface area contributed by atoms with Crippen molar-refractivity contribution in [1.29, 1.82) is 0 Å². The first-order chi connectivity index (χ1) is 12.7. The lowest BCUT2D eigenvalue weighted by molar-refractivity contribution is -0.384. The summed E-state index contributed by atoms with van der Waals surface area (Å²) in [7, 11) is 5.08. The molecule has 0 fully saturated rings. The zero-order valence-corrected chi connectivity index (χ0v) is 15.0. The van der Waals surface area contributed by atoms with Crippen molar-refractivity contribution in [2.24, 2.45) is 21.1 Å². The molecule has 2 amide bonds. The lowest BCUT2D eigenvalue weighted by Gasteiger charge is -2.03. The largest absolute Gasteiger partial charge is 0.355 e. The molecule has 0 saturated heterocycles. The number of aromatic nitrogens is 3. The Labute approximate surface area is 154 Å². The molecule has 27 heavy (non-hydrogen) atoms. The summed E-state index contributed by atoms with van der Waals surface area (Å²) in [6, 6.07) is 4.50. The number of amides is 2.